The topological polar surface area (TPSA) is 64.3 Å². The number of carbonyl (C=O) groups excluding carboxylic acids is 1. The maximum Gasteiger partial charge on any atom is 0.220 e. The highest BCUT2D eigenvalue weighted by atomic mass is 16.5. The number of hydrogen-bond donors (Lipinski definition) is 2. The van der Waals surface area contributed by atoms with Crippen LogP contribution in [0.5, 0.6) is 5.75 Å². The summed E-state index contributed by atoms with van der Waals surface area (Å²) in [6.45, 7) is 4.66. The summed E-state index contributed by atoms with van der Waals surface area (Å²) in [6.07, 6.45) is 1.36. The fraction of sp³-hybridized carbons (Fsp3) is 0.533. The monoisotopic (exact) mass is 264 g/mol. The summed E-state index contributed by atoms with van der Waals surface area (Å²) >= 11 is 0. The molecule has 0 radical (unpaired) electrons. The Bertz CT molecular complexity index is 390. The summed E-state index contributed by atoms with van der Waals surface area (Å²) in [5.41, 5.74) is 6.60. The van der Waals surface area contributed by atoms with Crippen LogP contribution in [-0.4, -0.2) is 19.6 Å². The second kappa shape index (κ2) is 7.79. The van der Waals surface area contributed by atoms with Crippen LogP contribution in [0.2, 0.25) is 0 Å². The Morgan fingerprint density at radius 1 is 1.32 bits per heavy atom. The molecule has 1 aromatic rings. The predicted octanol–water partition coefficient (Wildman–Crippen LogP) is 2.25. The van der Waals surface area contributed by atoms with E-state index in [0.29, 0.717) is 18.9 Å². The standard InChI is InChI=1S/C15H24N2O2/c1-11(10-16)4-9-15(18)17-12(2)13-5-7-14(19-3)8-6-13/h5-8,11-12H,4,9-10,16H2,1-3H3,(H,17,18)/t11?,12-/m0/s1. The van der Waals surface area contributed by atoms with Crippen molar-refractivity contribution in [2.45, 2.75) is 32.7 Å². The van der Waals surface area contributed by atoms with E-state index in [4.69, 9.17) is 10.5 Å². The molecule has 0 spiro atoms. The number of nitrogens with one attached hydrogen (secondary N) is 1. The third-order valence-corrected chi connectivity index (χ3v) is 3.26. The molecule has 19 heavy (non-hydrogen) atoms. The van der Waals surface area contributed by atoms with E-state index in [1.165, 1.54) is 0 Å². The van der Waals surface area contributed by atoms with Crippen molar-refractivity contribution < 1.29 is 9.53 Å². The van der Waals surface area contributed by atoms with Crippen LogP contribution in [-0.2, 0) is 4.79 Å². The molecule has 1 amide bonds. The average Bonchev–Trinajstić information content (AvgIpc) is 2.44. The van der Waals surface area contributed by atoms with E-state index >= 15 is 0 Å². The van der Waals surface area contributed by atoms with Gasteiger partial charge in [0.2, 0.25) is 5.91 Å². The maximum atomic E-state index is 11.8. The number of amides is 1. The Morgan fingerprint density at radius 3 is 2.47 bits per heavy atom. The largest absolute Gasteiger partial charge is 0.497 e. The Kier molecular flexibility index (Phi) is 6.36. The first-order chi connectivity index (χ1) is 9.06. The number of hydrogen-bond acceptors (Lipinski definition) is 3. The number of ether oxygens (including phenoxy) is 1. The molecule has 1 aromatic carbocycles. The second-order valence-electron chi connectivity index (χ2n) is 4.94. The third-order valence-electron chi connectivity index (χ3n) is 3.26. The highest BCUT2D eigenvalue weighted by Gasteiger charge is 2.10. The SMILES string of the molecule is COc1ccc([C@H](C)NC(=O)CCC(C)CN)cc1. The third kappa shape index (κ3) is 5.30. The van der Waals surface area contributed by atoms with Gasteiger partial charge in [0.15, 0.2) is 0 Å². The van der Waals surface area contributed by atoms with E-state index < -0.39 is 0 Å². The van der Waals surface area contributed by atoms with Crippen LogP contribution >= 0.6 is 0 Å². The molecular formula is C15H24N2O2. The molecule has 1 unspecified atom stereocenters. The van der Waals surface area contributed by atoms with Gasteiger partial charge in [0.1, 0.15) is 5.75 Å². The van der Waals surface area contributed by atoms with Crippen LogP contribution in [0.15, 0.2) is 24.3 Å². The van der Waals surface area contributed by atoms with Gasteiger partial charge in [-0.25, -0.2) is 0 Å². The summed E-state index contributed by atoms with van der Waals surface area (Å²) in [4.78, 5) is 11.8. The molecule has 0 aliphatic heterocycles. The van der Waals surface area contributed by atoms with E-state index in [-0.39, 0.29) is 11.9 Å². The Balaban J connectivity index is 2.44. The molecule has 2 atom stereocenters. The normalized spacial score (nSPS) is 13.7. The van der Waals surface area contributed by atoms with Crippen LogP contribution in [0.25, 0.3) is 0 Å². The zero-order valence-corrected chi connectivity index (χ0v) is 12.0. The first kappa shape index (κ1) is 15.5. The van der Waals surface area contributed by atoms with Gasteiger partial charge < -0.3 is 15.8 Å². The first-order valence-electron chi connectivity index (χ1n) is 6.70. The zero-order chi connectivity index (χ0) is 14.3. The van der Waals surface area contributed by atoms with Crippen LogP contribution in [0, 0.1) is 5.92 Å². The van der Waals surface area contributed by atoms with E-state index in [0.717, 1.165) is 17.7 Å². The minimum Gasteiger partial charge on any atom is -0.497 e. The van der Waals surface area contributed by atoms with Gasteiger partial charge in [-0.3, -0.25) is 4.79 Å². The number of carbonyl (C=O) groups is 1. The van der Waals surface area contributed by atoms with Gasteiger partial charge in [-0.05, 0) is 43.5 Å². The van der Waals surface area contributed by atoms with Crippen molar-refractivity contribution in [1.29, 1.82) is 0 Å². The molecule has 0 aliphatic carbocycles. The minimum absolute atomic E-state index is 0.00610. The molecule has 106 valence electrons. The molecule has 3 N–H and O–H groups in total. The highest BCUT2D eigenvalue weighted by molar-refractivity contribution is 5.76. The van der Waals surface area contributed by atoms with Gasteiger partial charge in [-0.1, -0.05) is 19.1 Å². The Morgan fingerprint density at radius 2 is 1.95 bits per heavy atom. The Labute approximate surface area is 115 Å². The molecule has 4 heteroatoms. The zero-order valence-electron chi connectivity index (χ0n) is 12.0. The lowest BCUT2D eigenvalue weighted by molar-refractivity contribution is -0.122. The van der Waals surface area contributed by atoms with Gasteiger partial charge >= 0.3 is 0 Å². The number of rotatable bonds is 7. The number of methoxy groups -OCH3 is 1. The molecular weight excluding hydrogens is 240 g/mol. The Hall–Kier alpha value is -1.55. The van der Waals surface area contributed by atoms with Crippen molar-refractivity contribution in [1.82, 2.24) is 5.32 Å². The van der Waals surface area contributed by atoms with Crippen molar-refractivity contribution in [3.8, 4) is 5.75 Å². The molecule has 0 heterocycles. The van der Waals surface area contributed by atoms with Gasteiger partial charge in [0, 0.05) is 6.42 Å². The van der Waals surface area contributed by atoms with Gasteiger partial charge in [-0.15, -0.1) is 0 Å². The quantitative estimate of drug-likeness (QED) is 0.794. The van der Waals surface area contributed by atoms with Crippen molar-refractivity contribution in [2.75, 3.05) is 13.7 Å². The van der Waals surface area contributed by atoms with Crippen molar-refractivity contribution in [3.05, 3.63) is 29.8 Å². The molecule has 4 nitrogen and oxygen atoms in total. The number of benzene rings is 1. The second-order valence-corrected chi connectivity index (χ2v) is 4.94. The fourth-order valence-corrected chi connectivity index (χ4v) is 1.78. The summed E-state index contributed by atoms with van der Waals surface area (Å²) < 4.78 is 5.11. The maximum absolute atomic E-state index is 11.8. The van der Waals surface area contributed by atoms with Crippen molar-refractivity contribution in [3.63, 3.8) is 0 Å². The lowest BCUT2D eigenvalue weighted by Crippen LogP contribution is -2.27. The van der Waals surface area contributed by atoms with Crippen molar-refractivity contribution in [2.24, 2.45) is 11.7 Å². The first-order valence-corrected chi connectivity index (χ1v) is 6.70. The lowest BCUT2D eigenvalue weighted by Gasteiger charge is -2.15. The average molecular weight is 264 g/mol. The highest BCUT2D eigenvalue weighted by Crippen LogP contribution is 2.17. The molecule has 0 aliphatic rings. The molecule has 0 saturated heterocycles. The van der Waals surface area contributed by atoms with Crippen LogP contribution in [0.1, 0.15) is 38.3 Å². The van der Waals surface area contributed by atoms with Gasteiger partial charge in [0.25, 0.3) is 0 Å². The van der Waals surface area contributed by atoms with E-state index in [2.05, 4.69) is 12.2 Å². The summed E-state index contributed by atoms with van der Waals surface area (Å²) in [5.74, 6) is 1.28. The van der Waals surface area contributed by atoms with E-state index in [9.17, 15) is 4.79 Å². The molecule has 1 rings (SSSR count). The number of nitrogens with two attached hydrogens (primary N) is 1. The summed E-state index contributed by atoms with van der Waals surface area (Å²) in [6, 6.07) is 7.73. The summed E-state index contributed by atoms with van der Waals surface area (Å²) in [5, 5.41) is 2.99. The van der Waals surface area contributed by atoms with E-state index in [1.807, 2.05) is 31.2 Å². The smallest absolute Gasteiger partial charge is 0.220 e. The van der Waals surface area contributed by atoms with Gasteiger partial charge in [0.05, 0.1) is 13.2 Å². The van der Waals surface area contributed by atoms with Crippen LogP contribution < -0.4 is 15.8 Å². The van der Waals surface area contributed by atoms with Crippen molar-refractivity contribution >= 4 is 5.91 Å². The summed E-state index contributed by atoms with van der Waals surface area (Å²) in [7, 11) is 1.64. The van der Waals surface area contributed by atoms with E-state index in [1.54, 1.807) is 7.11 Å². The minimum atomic E-state index is 0.00610. The molecule has 0 saturated carbocycles. The van der Waals surface area contributed by atoms with Crippen LogP contribution in [0.3, 0.4) is 0 Å². The van der Waals surface area contributed by atoms with Crippen LogP contribution in [0.4, 0.5) is 0 Å². The fourth-order valence-electron chi connectivity index (χ4n) is 1.78. The molecule has 0 bridgehead atoms. The predicted molar refractivity (Wildman–Crippen MR) is 77.0 cm³/mol. The van der Waals surface area contributed by atoms with Gasteiger partial charge in [-0.2, -0.15) is 0 Å². The molecule has 0 aromatic heterocycles. The lowest BCUT2D eigenvalue weighted by atomic mass is 10.0. The molecule has 0 fully saturated rings.